The summed E-state index contributed by atoms with van der Waals surface area (Å²) < 4.78 is 25.9. The van der Waals surface area contributed by atoms with Crippen molar-refractivity contribution in [1.82, 2.24) is 14.6 Å². The Kier molecular flexibility index (Phi) is 4.31. The normalized spacial score (nSPS) is 21.3. The molecule has 2 rings (SSSR count). The third-order valence-electron chi connectivity index (χ3n) is 3.35. The van der Waals surface area contributed by atoms with E-state index in [0.717, 1.165) is 12.0 Å². The van der Waals surface area contributed by atoms with Crippen LogP contribution in [0.5, 0.6) is 0 Å². The molecule has 1 aliphatic heterocycles. The summed E-state index contributed by atoms with van der Waals surface area (Å²) in [6.07, 6.45) is 4.82. The Balaban J connectivity index is 1.92. The van der Waals surface area contributed by atoms with Crippen molar-refractivity contribution in [1.29, 1.82) is 0 Å². The molecule has 1 atom stereocenters. The fourth-order valence-electron chi connectivity index (χ4n) is 2.14. The van der Waals surface area contributed by atoms with Crippen LogP contribution in [0.25, 0.3) is 0 Å². The summed E-state index contributed by atoms with van der Waals surface area (Å²) in [6.45, 7) is 1.22. The Bertz CT molecular complexity index is 475. The van der Waals surface area contributed by atoms with Crippen LogP contribution >= 0.6 is 0 Å². The molecule has 0 amide bonds. The number of rotatable bonds is 5. The van der Waals surface area contributed by atoms with Crippen molar-refractivity contribution in [2.45, 2.75) is 18.9 Å². The Morgan fingerprint density at radius 2 is 2.17 bits per heavy atom. The molecule has 0 radical (unpaired) electrons. The highest BCUT2D eigenvalue weighted by Gasteiger charge is 2.30. The van der Waals surface area contributed by atoms with E-state index in [0.29, 0.717) is 25.6 Å². The lowest BCUT2D eigenvalue weighted by Gasteiger charge is -2.16. The predicted octanol–water partition coefficient (Wildman–Crippen LogP) is 0.248. The van der Waals surface area contributed by atoms with Gasteiger partial charge in [0, 0.05) is 31.5 Å². The largest absolute Gasteiger partial charge is 0.316 e. The van der Waals surface area contributed by atoms with Crippen LogP contribution in [0.1, 0.15) is 12.0 Å². The van der Waals surface area contributed by atoms with Crippen molar-refractivity contribution >= 4 is 10.0 Å². The molecule has 0 saturated carbocycles. The first kappa shape index (κ1) is 13.5. The zero-order valence-corrected chi connectivity index (χ0v) is 11.4. The van der Waals surface area contributed by atoms with Gasteiger partial charge in [-0.3, -0.25) is 4.98 Å². The molecule has 0 spiro atoms. The monoisotopic (exact) mass is 269 g/mol. The van der Waals surface area contributed by atoms with Gasteiger partial charge in [0.05, 0.1) is 5.75 Å². The first-order chi connectivity index (χ1) is 8.62. The van der Waals surface area contributed by atoms with Gasteiger partial charge in [-0.05, 0) is 37.6 Å². The van der Waals surface area contributed by atoms with Crippen molar-refractivity contribution in [3.05, 3.63) is 30.1 Å². The van der Waals surface area contributed by atoms with Gasteiger partial charge in [0.25, 0.3) is 0 Å². The minimum absolute atomic E-state index is 0.174. The first-order valence-electron chi connectivity index (χ1n) is 6.16. The number of nitrogens with one attached hydrogen (secondary N) is 1. The molecule has 5 nitrogen and oxygen atoms in total. The van der Waals surface area contributed by atoms with E-state index in [-0.39, 0.29) is 5.75 Å². The summed E-state index contributed by atoms with van der Waals surface area (Å²) in [6, 6.07) is 4.01. The second-order valence-electron chi connectivity index (χ2n) is 4.55. The molecule has 2 heterocycles. The van der Waals surface area contributed by atoms with E-state index in [4.69, 9.17) is 0 Å². The molecule has 0 bridgehead atoms. The van der Waals surface area contributed by atoms with Gasteiger partial charge in [0.1, 0.15) is 0 Å². The molecule has 6 heteroatoms. The summed E-state index contributed by atoms with van der Waals surface area (Å²) in [5.74, 6) is 0.174. The summed E-state index contributed by atoms with van der Waals surface area (Å²) in [5.41, 5.74) is 1.01. The van der Waals surface area contributed by atoms with E-state index >= 15 is 0 Å². The van der Waals surface area contributed by atoms with Gasteiger partial charge in [0.15, 0.2) is 0 Å². The van der Waals surface area contributed by atoms with Crippen molar-refractivity contribution in [2.24, 2.45) is 0 Å². The second kappa shape index (κ2) is 5.77. The highest BCUT2D eigenvalue weighted by molar-refractivity contribution is 7.89. The molecule has 0 aliphatic carbocycles. The van der Waals surface area contributed by atoms with Crippen LogP contribution in [-0.4, -0.2) is 49.6 Å². The van der Waals surface area contributed by atoms with Crippen LogP contribution in [-0.2, 0) is 16.4 Å². The van der Waals surface area contributed by atoms with E-state index in [2.05, 4.69) is 10.3 Å². The zero-order chi connectivity index (χ0) is 13.0. The lowest BCUT2D eigenvalue weighted by molar-refractivity contribution is 0.464. The average molecular weight is 269 g/mol. The molecule has 1 N–H and O–H groups in total. The van der Waals surface area contributed by atoms with Gasteiger partial charge in [-0.1, -0.05) is 0 Å². The third kappa shape index (κ3) is 3.28. The highest BCUT2D eigenvalue weighted by Crippen LogP contribution is 2.15. The van der Waals surface area contributed by atoms with E-state index in [1.807, 2.05) is 19.2 Å². The maximum Gasteiger partial charge on any atom is 0.214 e. The molecule has 0 aromatic carbocycles. The lowest BCUT2D eigenvalue weighted by Crippen LogP contribution is -2.35. The number of nitrogens with zero attached hydrogens (tertiary/aromatic N) is 2. The van der Waals surface area contributed by atoms with E-state index < -0.39 is 10.0 Å². The maximum absolute atomic E-state index is 12.2. The van der Waals surface area contributed by atoms with Crippen molar-refractivity contribution in [3.8, 4) is 0 Å². The van der Waals surface area contributed by atoms with Gasteiger partial charge < -0.3 is 5.32 Å². The molecule has 1 aliphatic rings. The summed E-state index contributed by atoms with van der Waals surface area (Å²) in [7, 11) is -1.26. The Morgan fingerprint density at radius 3 is 2.78 bits per heavy atom. The van der Waals surface area contributed by atoms with E-state index in [1.54, 1.807) is 16.7 Å². The molecule has 1 aromatic heterocycles. The quantitative estimate of drug-likeness (QED) is 0.832. The number of sulfonamides is 1. The minimum atomic E-state index is -3.13. The summed E-state index contributed by atoms with van der Waals surface area (Å²) in [4.78, 5) is 3.92. The van der Waals surface area contributed by atoms with Gasteiger partial charge >= 0.3 is 0 Å². The average Bonchev–Trinajstić information content (AvgIpc) is 2.87. The fourth-order valence-corrected chi connectivity index (χ4v) is 3.68. The number of pyridine rings is 1. The predicted molar refractivity (Wildman–Crippen MR) is 70.8 cm³/mol. The van der Waals surface area contributed by atoms with Crippen molar-refractivity contribution in [2.75, 3.05) is 25.9 Å². The maximum atomic E-state index is 12.2. The summed E-state index contributed by atoms with van der Waals surface area (Å²) >= 11 is 0. The van der Waals surface area contributed by atoms with Crippen LogP contribution in [0, 0.1) is 0 Å². The summed E-state index contributed by atoms with van der Waals surface area (Å²) in [5, 5.41) is 3.13. The van der Waals surface area contributed by atoms with Crippen LogP contribution < -0.4 is 5.32 Å². The van der Waals surface area contributed by atoms with Crippen LogP contribution in [0.4, 0.5) is 0 Å². The van der Waals surface area contributed by atoms with Crippen LogP contribution in [0.15, 0.2) is 24.5 Å². The second-order valence-corrected chi connectivity index (χ2v) is 6.64. The Morgan fingerprint density at radius 1 is 1.44 bits per heavy atom. The Labute approximate surface area is 108 Å². The standard InChI is InChI=1S/C12H19N3O2S/c1-13-12-4-8-15(10-12)18(16,17)9-5-11-2-6-14-7-3-11/h2-3,6-7,12-13H,4-5,8-10H2,1H3. The van der Waals surface area contributed by atoms with Gasteiger partial charge in [0.2, 0.25) is 10.0 Å². The molecule has 100 valence electrons. The van der Waals surface area contributed by atoms with Gasteiger partial charge in [-0.25, -0.2) is 12.7 Å². The van der Waals surface area contributed by atoms with E-state index in [1.165, 1.54) is 0 Å². The minimum Gasteiger partial charge on any atom is -0.316 e. The van der Waals surface area contributed by atoms with Gasteiger partial charge in [-0.2, -0.15) is 0 Å². The van der Waals surface area contributed by atoms with Crippen LogP contribution in [0.2, 0.25) is 0 Å². The Hall–Kier alpha value is -0.980. The molecular formula is C12H19N3O2S. The van der Waals surface area contributed by atoms with Crippen molar-refractivity contribution < 1.29 is 8.42 Å². The molecule has 1 unspecified atom stereocenters. The fraction of sp³-hybridized carbons (Fsp3) is 0.583. The number of aryl methyl sites for hydroxylation is 1. The highest BCUT2D eigenvalue weighted by atomic mass is 32.2. The third-order valence-corrected chi connectivity index (χ3v) is 5.19. The molecule has 1 saturated heterocycles. The molecular weight excluding hydrogens is 250 g/mol. The first-order valence-corrected chi connectivity index (χ1v) is 7.77. The smallest absolute Gasteiger partial charge is 0.214 e. The SMILES string of the molecule is CNC1CCN(S(=O)(=O)CCc2ccncc2)C1. The number of likely N-dealkylation sites (N-methyl/N-ethyl adjacent to an activating group) is 1. The molecule has 1 fully saturated rings. The van der Waals surface area contributed by atoms with Crippen molar-refractivity contribution in [3.63, 3.8) is 0 Å². The lowest BCUT2D eigenvalue weighted by atomic mass is 10.2. The van der Waals surface area contributed by atoms with Gasteiger partial charge in [-0.15, -0.1) is 0 Å². The molecule has 18 heavy (non-hydrogen) atoms. The zero-order valence-electron chi connectivity index (χ0n) is 10.5. The van der Waals surface area contributed by atoms with E-state index in [9.17, 15) is 8.42 Å². The number of aromatic nitrogens is 1. The molecule has 1 aromatic rings. The number of hydrogen-bond donors (Lipinski definition) is 1. The van der Waals surface area contributed by atoms with Crippen LogP contribution in [0.3, 0.4) is 0 Å². The topological polar surface area (TPSA) is 62.3 Å². The number of hydrogen-bond acceptors (Lipinski definition) is 4.